The Labute approximate surface area is 137 Å². The Bertz CT molecular complexity index is 876. The zero-order chi connectivity index (χ0) is 16.4. The number of benzene rings is 2. The molecule has 3 aromatic rings. The van der Waals surface area contributed by atoms with Gasteiger partial charge in [-0.05, 0) is 37.3 Å². The third-order valence-corrected chi connectivity index (χ3v) is 3.66. The fraction of sp³-hybridized carbons (Fsp3) is 0.0588. The minimum atomic E-state index is -0.383. The predicted octanol–water partition coefficient (Wildman–Crippen LogP) is 4.23. The lowest BCUT2D eigenvalue weighted by atomic mass is 10.2. The lowest BCUT2D eigenvalue weighted by Gasteiger charge is -2.07. The molecule has 0 spiro atoms. The molecule has 0 atom stereocenters. The highest BCUT2D eigenvalue weighted by Gasteiger charge is 2.14. The van der Waals surface area contributed by atoms with E-state index in [9.17, 15) is 9.18 Å². The Hall–Kier alpha value is -2.66. The van der Waals surface area contributed by atoms with Gasteiger partial charge in [0.1, 0.15) is 11.5 Å². The van der Waals surface area contributed by atoms with Gasteiger partial charge in [0.05, 0.1) is 17.6 Å². The Morgan fingerprint density at radius 1 is 1.22 bits per heavy atom. The standard InChI is InChI=1S/C17H13ClFN3O/c1-11-15(21-17(23)12-5-4-6-13(18)9-12)10-20-22(11)16-8-3-2-7-14(16)19/h2-10H,1H3,(H,21,23). The number of aromatic nitrogens is 2. The number of nitrogens with zero attached hydrogens (tertiary/aromatic N) is 2. The second-order valence-corrected chi connectivity index (χ2v) is 5.41. The molecule has 1 amide bonds. The van der Waals surface area contributed by atoms with Gasteiger partial charge in [-0.25, -0.2) is 9.07 Å². The second kappa shape index (κ2) is 6.22. The van der Waals surface area contributed by atoms with Crippen LogP contribution < -0.4 is 5.32 Å². The van der Waals surface area contributed by atoms with E-state index < -0.39 is 0 Å². The molecule has 1 heterocycles. The van der Waals surface area contributed by atoms with Crippen molar-refractivity contribution in [2.24, 2.45) is 0 Å². The van der Waals surface area contributed by atoms with E-state index in [0.717, 1.165) is 0 Å². The Balaban J connectivity index is 1.88. The van der Waals surface area contributed by atoms with Crippen molar-refractivity contribution >= 4 is 23.2 Å². The summed E-state index contributed by atoms with van der Waals surface area (Å²) in [4.78, 5) is 12.3. The molecule has 4 nitrogen and oxygen atoms in total. The molecule has 0 unspecified atom stereocenters. The number of carbonyl (C=O) groups is 1. The first-order chi connectivity index (χ1) is 11.1. The first kappa shape index (κ1) is 15.2. The van der Waals surface area contributed by atoms with Crippen molar-refractivity contribution in [2.75, 3.05) is 5.32 Å². The van der Waals surface area contributed by atoms with Gasteiger partial charge in [0.2, 0.25) is 0 Å². The van der Waals surface area contributed by atoms with Gasteiger partial charge in [-0.3, -0.25) is 4.79 Å². The van der Waals surface area contributed by atoms with Crippen LogP contribution in [0.25, 0.3) is 5.69 Å². The third kappa shape index (κ3) is 3.10. The lowest BCUT2D eigenvalue weighted by molar-refractivity contribution is 0.102. The quantitative estimate of drug-likeness (QED) is 0.781. The van der Waals surface area contributed by atoms with E-state index in [1.807, 2.05) is 0 Å². The van der Waals surface area contributed by atoms with Crippen molar-refractivity contribution in [2.45, 2.75) is 6.92 Å². The molecule has 0 saturated carbocycles. The Morgan fingerprint density at radius 3 is 2.74 bits per heavy atom. The number of para-hydroxylation sites is 1. The summed E-state index contributed by atoms with van der Waals surface area (Å²) >= 11 is 5.89. The summed E-state index contributed by atoms with van der Waals surface area (Å²) in [6, 6.07) is 13.0. The van der Waals surface area contributed by atoms with Gasteiger partial charge in [0.25, 0.3) is 5.91 Å². The molecule has 3 rings (SSSR count). The van der Waals surface area contributed by atoms with E-state index in [2.05, 4.69) is 10.4 Å². The fourth-order valence-electron chi connectivity index (χ4n) is 2.22. The molecule has 0 fully saturated rings. The van der Waals surface area contributed by atoms with Gasteiger partial charge in [-0.15, -0.1) is 0 Å². The number of nitrogens with one attached hydrogen (secondary N) is 1. The Kier molecular flexibility index (Phi) is 4.12. The molecule has 2 aromatic carbocycles. The zero-order valence-electron chi connectivity index (χ0n) is 12.3. The maximum atomic E-state index is 13.9. The van der Waals surface area contributed by atoms with E-state index in [-0.39, 0.29) is 11.7 Å². The highest BCUT2D eigenvalue weighted by Crippen LogP contribution is 2.21. The van der Waals surface area contributed by atoms with E-state index in [0.29, 0.717) is 27.7 Å². The monoisotopic (exact) mass is 329 g/mol. The second-order valence-electron chi connectivity index (χ2n) is 4.97. The fourth-order valence-corrected chi connectivity index (χ4v) is 2.41. The maximum Gasteiger partial charge on any atom is 0.255 e. The third-order valence-electron chi connectivity index (χ3n) is 3.43. The topological polar surface area (TPSA) is 46.9 Å². The maximum absolute atomic E-state index is 13.9. The number of halogens is 2. The van der Waals surface area contributed by atoms with Gasteiger partial charge >= 0.3 is 0 Å². The molecule has 0 saturated heterocycles. The number of hydrogen-bond acceptors (Lipinski definition) is 2. The van der Waals surface area contributed by atoms with Crippen molar-refractivity contribution < 1.29 is 9.18 Å². The molecule has 1 aromatic heterocycles. The van der Waals surface area contributed by atoms with E-state index in [4.69, 9.17) is 11.6 Å². The first-order valence-electron chi connectivity index (χ1n) is 6.92. The molecule has 0 aliphatic carbocycles. The van der Waals surface area contributed by atoms with Crippen LogP contribution in [0.4, 0.5) is 10.1 Å². The van der Waals surface area contributed by atoms with Gasteiger partial charge in [-0.2, -0.15) is 5.10 Å². The number of amides is 1. The average molecular weight is 330 g/mol. The van der Waals surface area contributed by atoms with E-state index in [1.54, 1.807) is 49.4 Å². The largest absolute Gasteiger partial charge is 0.319 e. The summed E-state index contributed by atoms with van der Waals surface area (Å²) in [6.45, 7) is 1.76. The van der Waals surface area contributed by atoms with Crippen LogP contribution in [0, 0.1) is 12.7 Å². The highest BCUT2D eigenvalue weighted by atomic mass is 35.5. The van der Waals surface area contributed by atoms with Crippen LogP contribution in [-0.2, 0) is 0 Å². The molecule has 0 bridgehead atoms. The average Bonchev–Trinajstić information content (AvgIpc) is 2.89. The van der Waals surface area contributed by atoms with Crippen molar-refractivity contribution in [1.82, 2.24) is 9.78 Å². The number of carbonyl (C=O) groups excluding carboxylic acids is 1. The number of anilines is 1. The number of hydrogen-bond donors (Lipinski definition) is 1. The summed E-state index contributed by atoms with van der Waals surface area (Å²) in [5.74, 6) is -0.685. The number of rotatable bonds is 3. The van der Waals surface area contributed by atoms with Gasteiger partial charge in [0, 0.05) is 10.6 Å². The van der Waals surface area contributed by atoms with Crippen molar-refractivity contribution in [3.8, 4) is 5.69 Å². The molecule has 0 radical (unpaired) electrons. The predicted molar refractivity (Wildman–Crippen MR) is 87.7 cm³/mol. The molecule has 0 aliphatic rings. The van der Waals surface area contributed by atoms with Crippen LogP contribution in [-0.4, -0.2) is 15.7 Å². The van der Waals surface area contributed by atoms with E-state index in [1.165, 1.54) is 16.9 Å². The van der Waals surface area contributed by atoms with Gasteiger partial charge in [-0.1, -0.05) is 29.8 Å². The smallest absolute Gasteiger partial charge is 0.255 e. The minimum absolute atomic E-state index is 0.302. The lowest BCUT2D eigenvalue weighted by Crippen LogP contribution is -2.12. The molecule has 116 valence electrons. The molecule has 1 N–H and O–H groups in total. The van der Waals surface area contributed by atoms with Crippen LogP contribution in [0.3, 0.4) is 0 Å². The summed E-state index contributed by atoms with van der Waals surface area (Å²) in [5.41, 5.74) is 1.91. The van der Waals surface area contributed by atoms with Crippen LogP contribution in [0.2, 0.25) is 5.02 Å². The van der Waals surface area contributed by atoms with Crippen molar-refractivity contribution in [3.63, 3.8) is 0 Å². The summed E-state index contributed by atoms with van der Waals surface area (Å²) in [5, 5.41) is 7.39. The van der Waals surface area contributed by atoms with Crippen LogP contribution >= 0.6 is 11.6 Å². The molecular weight excluding hydrogens is 317 g/mol. The van der Waals surface area contributed by atoms with Crippen LogP contribution in [0.15, 0.2) is 54.7 Å². The van der Waals surface area contributed by atoms with Gasteiger partial charge in [0.15, 0.2) is 0 Å². The SMILES string of the molecule is Cc1c(NC(=O)c2cccc(Cl)c2)cnn1-c1ccccc1F. The highest BCUT2D eigenvalue weighted by molar-refractivity contribution is 6.31. The van der Waals surface area contributed by atoms with Crippen molar-refractivity contribution in [1.29, 1.82) is 0 Å². The zero-order valence-corrected chi connectivity index (χ0v) is 13.0. The minimum Gasteiger partial charge on any atom is -0.319 e. The molecular formula is C17H13ClFN3O. The van der Waals surface area contributed by atoms with Crippen LogP contribution in [0.5, 0.6) is 0 Å². The first-order valence-corrected chi connectivity index (χ1v) is 7.30. The van der Waals surface area contributed by atoms with E-state index >= 15 is 0 Å². The summed E-state index contributed by atoms with van der Waals surface area (Å²) < 4.78 is 15.3. The summed E-state index contributed by atoms with van der Waals surface area (Å²) in [7, 11) is 0. The van der Waals surface area contributed by atoms with Crippen LogP contribution in [0.1, 0.15) is 16.1 Å². The van der Waals surface area contributed by atoms with Gasteiger partial charge < -0.3 is 5.32 Å². The Morgan fingerprint density at radius 2 is 2.00 bits per heavy atom. The summed E-state index contributed by atoms with van der Waals surface area (Å²) in [6.07, 6.45) is 1.49. The van der Waals surface area contributed by atoms with Crippen molar-refractivity contribution in [3.05, 3.63) is 76.8 Å². The molecule has 0 aliphatic heterocycles. The normalized spacial score (nSPS) is 10.6. The molecule has 23 heavy (non-hydrogen) atoms. The molecule has 6 heteroatoms.